The van der Waals surface area contributed by atoms with Crippen LogP contribution in [0.4, 0.5) is 10.5 Å². The molecule has 1 aromatic heterocycles. The average molecular weight is 270 g/mol. The molecule has 0 aromatic carbocycles. The van der Waals surface area contributed by atoms with E-state index in [1.807, 2.05) is 0 Å². The summed E-state index contributed by atoms with van der Waals surface area (Å²) in [5.41, 5.74) is 0.562. The van der Waals surface area contributed by atoms with Gasteiger partial charge in [0.1, 0.15) is 5.15 Å². The number of hydrogen-bond donors (Lipinski definition) is 2. The summed E-state index contributed by atoms with van der Waals surface area (Å²) in [4.78, 5) is 16.8. The molecular formula is C12H16ClN3O2. The van der Waals surface area contributed by atoms with Gasteiger partial charge in [0.25, 0.3) is 0 Å². The predicted octanol–water partition coefficient (Wildman–Crippen LogP) is 2.22. The van der Waals surface area contributed by atoms with Gasteiger partial charge in [0.15, 0.2) is 0 Å². The highest BCUT2D eigenvalue weighted by Crippen LogP contribution is 2.24. The van der Waals surface area contributed by atoms with Gasteiger partial charge in [-0.2, -0.15) is 0 Å². The van der Waals surface area contributed by atoms with E-state index >= 15 is 0 Å². The standard InChI is InChI=1S/C12H16ClN3O2/c1-8-4-5-14-7-10(8)16(12(17)18)9-2-3-11(13)15-6-9/h2-3,6,8,10,14H,4-5,7H2,1H3,(H,17,18). The van der Waals surface area contributed by atoms with Crippen LogP contribution in [0.15, 0.2) is 18.3 Å². The summed E-state index contributed by atoms with van der Waals surface area (Å²) in [5, 5.41) is 13.0. The van der Waals surface area contributed by atoms with E-state index in [0.29, 0.717) is 23.3 Å². The maximum absolute atomic E-state index is 11.5. The van der Waals surface area contributed by atoms with Crippen LogP contribution in [0.3, 0.4) is 0 Å². The first-order chi connectivity index (χ1) is 8.59. The van der Waals surface area contributed by atoms with Crippen molar-refractivity contribution in [2.45, 2.75) is 19.4 Å². The number of pyridine rings is 1. The van der Waals surface area contributed by atoms with E-state index in [-0.39, 0.29) is 6.04 Å². The van der Waals surface area contributed by atoms with Crippen molar-refractivity contribution in [1.29, 1.82) is 0 Å². The second-order valence-electron chi connectivity index (χ2n) is 4.53. The lowest BCUT2D eigenvalue weighted by Crippen LogP contribution is -2.52. The minimum Gasteiger partial charge on any atom is -0.465 e. The van der Waals surface area contributed by atoms with Gasteiger partial charge in [0, 0.05) is 6.54 Å². The summed E-state index contributed by atoms with van der Waals surface area (Å²) in [5.74, 6) is 0.318. The third-order valence-electron chi connectivity index (χ3n) is 3.31. The molecule has 2 atom stereocenters. The van der Waals surface area contributed by atoms with E-state index in [9.17, 15) is 9.90 Å². The Labute approximate surface area is 111 Å². The maximum atomic E-state index is 11.5. The quantitative estimate of drug-likeness (QED) is 0.808. The van der Waals surface area contributed by atoms with Crippen LogP contribution in [0.25, 0.3) is 0 Å². The summed E-state index contributed by atoms with van der Waals surface area (Å²) in [6.45, 7) is 3.67. The minimum atomic E-state index is -0.959. The van der Waals surface area contributed by atoms with Crippen molar-refractivity contribution in [3.63, 3.8) is 0 Å². The molecule has 1 amide bonds. The van der Waals surface area contributed by atoms with Gasteiger partial charge in [-0.15, -0.1) is 0 Å². The maximum Gasteiger partial charge on any atom is 0.412 e. The van der Waals surface area contributed by atoms with E-state index in [1.54, 1.807) is 12.1 Å². The van der Waals surface area contributed by atoms with Gasteiger partial charge in [0.05, 0.1) is 17.9 Å². The number of rotatable bonds is 2. The fourth-order valence-corrected chi connectivity index (χ4v) is 2.39. The monoisotopic (exact) mass is 269 g/mol. The Morgan fingerprint density at radius 1 is 1.61 bits per heavy atom. The molecule has 6 heteroatoms. The number of piperidine rings is 1. The van der Waals surface area contributed by atoms with Crippen LogP contribution in [0.2, 0.25) is 5.15 Å². The number of anilines is 1. The lowest BCUT2D eigenvalue weighted by molar-refractivity contribution is 0.192. The molecule has 98 valence electrons. The largest absolute Gasteiger partial charge is 0.465 e. The van der Waals surface area contributed by atoms with Crippen LogP contribution >= 0.6 is 11.6 Å². The highest BCUT2D eigenvalue weighted by molar-refractivity contribution is 6.29. The molecule has 0 radical (unpaired) electrons. The highest BCUT2D eigenvalue weighted by atomic mass is 35.5. The Morgan fingerprint density at radius 2 is 2.39 bits per heavy atom. The van der Waals surface area contributed by atoms with Crippen molar-refractivity contribution in [2.24, 2.45) is 5.92 Å². The van der Waals surface area contributed by atoms with Crippen molar-refractivity contribution >= 4 is 23.4 Å². The van der Waals surface area contributed by atoms with E-state index < -0.39 is 6.09 Å². The van der Waals surface area contributed by atoms with Crippen molar-refractivity contribution in [3.8, 4) is 0 Å². The van der Waals surface area contributed by atoms with Crippen LogP contribution in [0.1, 0.15) is 13.3 Å². The molecular weight excluding hydrogens is 254 g/mol. The Balaban J connectivity index is 2.27. The molecule has 1 aromatic rings. The smallest absolute Gasteiger partial charge is 0.412 e. The van der Waals surface area contributed by atoms with Gasteiger partial charge in [-0.3, -0.25) is 4.90 Å². The number of amides is 1. The molecule has 18 heavy (non-hydrogen) atoms. The normalized spacial score (nSPS) is 23.7. The predicted molar refractivity (Wildman–Crippen MR) is 70.2 cm³/mol. The molecule has 1 fully saturated rings. The number of nitrogens with zero attached hydrogens (tertiary/aromatic N) is 2. The van der Waals surface area contributed by atoms with Crippen molar-refractivity contribution < 1.29 is 9.90 Å². The third kappa shape index (κ3) is 2.73. The molecule has 0 bridgehead atoms. The van der Waals surface area contributed by atoms with Gasteiger partial charge in [0.2, 0.25) is 0 Å². The zero-order valence-corrected chi connectivity index (χ0v) is 10.9. The number of hydrogen-bond acceptors (Lipinski definition) is 3. The molecule has 2 rings (SSSR count). The van der Waals surface area contributed by atoms with E-state index in [4.69, 9.17) is 11.6 Å². The highest BCUT2D eigenvalue weighted by Gasteiger charge is 2.31. The first-order valence-electron chi connectivity index (χ1n) is 5.94. The topological polar surface area (TPSA) is 65.5 Å². The van der Waals surface area contributed by atoms with Crippen LogP contribution < -0.4 is 10.2 Å². The van der Waals surface area contributed by atoms with E-state index in [0.717, 1.165) is 13.0 Å². The molecule has 2 N–H and O–H groups in total. The zero-order valence-electron chi connectivity index (χ0n) is 10.1. The van der Waals surface area contributed by atoms with Gasteiger partial charge in [-0.25, -0.2) is 9.78 Å². The molecule has 1 aliphatic rings. The first kappa shape index (κ1) is 13.1. The molecule has 5 nitrogen and oxygen atoms in total. The third-order valence-corrected chi connectivity index (χ3v) is 3.54. The van der Waals surface area contributed by atoms with Gasteiger partial charge in [-0.05, 0) is 31.0 Å². The van der Waals surface area contributed by atoms with Gasteiger partial charge < -0.3 is 10.4 Å². The zero-order chi connectivity index (χ0) is 13.1. The Bertz CT molecular complexity index is 424. The summed E-state index contributed by atoms with van der Waals surface area (Å²) in [6.07, 6.45) is 1.51. The Kier molecular flexibility index (Phi) is 4.04. The fourth-order valence-electron chi connectivity index (χ4n) is 2.27. The van der Waals surface area contributed by atoms with E-state index in [1.165, 1.54) is 11.1 Å². The second kappa shape index (κ2) is 5.54. The molecule has 1 saturated heterocycles. The molecule has 2 heterocycles. The minimum absolute atomic E-state index is 0.0702. The summed E-state index contributed by atoms with van der Waals surface area (Å²) < 4.78 is 0. The lowest BCUT2D eigenvalue weighted by Gasteiger charge is -2.37. The van der Waals surface area contributed by atoms with Crippen molar-refractivity contribution in [3.05, 3.63) is 23.5 Å². The SMILES string of the molecule is CC1CCNCC1N(C(=O)O)c1ccc(Cl)nc1. The summed E-state index contributed by atoms with van der Waals surface area (Å²) in [7, 11) is 0. The fraction of sp³-hybridized carbons (Fsp3) is 0.500. The second-order valence-corrected chi connectivity index (χ2v) is 4.92. The summed E-state index contributed by atoms with van der Waals surface area (Å²) in [6, 6.07) is 3.22. The molecule has 0 saturated carbocycles. The lowest BCUT2D eigenvalue weighted by atomic mass is 9.93. The number of aromatic nitrogens is 1. The average Bonchev–Trinajstić information content (AvgIpc) is 2.34. The summed E-state index contributed by atoms with van der Waals surface area (Å²) >= 11 is 5.72. The van der Waals surface area contributed by atoms with Crippen LogP contribution in [-0.2, 0) is 0 Å². The molecule has 0 aliphatic carbocycles. The number of carbonyl (C=O) groups is 1. The number of nitrogens with one attached hydrogen (secondary N) is 1. The molecule has 1 aliphatic heterocycles. The van der Waals surface area contributed by atoms with Crippen LogP contribution in [0.5, 0.6) is 0 Å². The first-order valence-corrected chi connectivity index (χ1v) is 6.32. The molecule has 2 unspecified atom stereocenters. The van der Waals surface area contributed by atoms with Crippen molar-refractivity contribution in [2.75, 3.05) is 18.0 Å². The van der Waals surface area contributed by atoms with Crippen LogP contribution in [-0.4, -0.2) is 35.3 Å². The van der Waals surface area contributed by atoms with Gasteiger partial charge >= 0.3 is 6.09 Å². The molecule has 0 spiro atoms. The van der Waals surface area contributed by atoms with Crippen LogP contribution in [0, 0.1) is 5.92 Å². The van der Waals surface area contributed by atoms with Crippen molar-refractivity contribution in [1.82, 2.24) is 10.3 Å². The Morgan fingerprint density at radius 3 is 2.94 bits per heavy atom. The van der Waals surface area contributed by atoms with E-state index in [2.05, 4.69) is 17.2 Å². The van der Waals surface area contributed by atoms with Gasteiger partial charge in [-0.1, -0.05) is 18.5 Å². The number of halogens is 1. The number of carboxylic acid groups (broad SMARTS) is 1. The Hall–Kier alpha value is -1.33.